The molecule has 1 rings (SSSR count). The first-order chi connectivity index (χ1) is 7.91. The molecule has 1 fully saturated rings. The molecule has 2 N–H and O–H groups in total. The minimum atomic E-state index is -0.360. The molecule has 0 spiro atoms. The highest BCUT2D eigenvalue weighted by Gasteiger charge is 2.24. The van der Waals surface area contributed by atoms with Gasteiger partial charge in [0, 0.05) is 20.1 Å². The molecule has 17 heavy (non-hydrogen) atoms. The zero-order chi connectivity index (χ0) is 13.0. The number of hydrogen-bond donors (Lipinski definition) is 1. The molecule has 0 bridgehead atoms. The Labute approximate surface area is 105 Å². The second kappa shape index (κ2) is 6.36. The summed E-state index contributed by atoms with van der Waals surface area (Å²) >= 11 is 0. The van der Waals surface area contributed by atoms with Crippen LogP contribution in [0.3, 0.4) is 0 Å². The van der Waals surface area contributed by atoms with E-state index >= 15 is 0 Å². The Morgan fingerprint density at radius 2 is 2.18 bits per heavy atom. The predicted molar refractivity (Wildman–Crippen MR) is 70.7 cm³/mol. The van der Waals surface area contributed by atoms with Crippen molar-refractivity contribution < 1.29 is 4.79 Å². The van der Waals surface area contributed by atoms with Crippen molar-refractivity contribution in [1.29, 1.82) is 0 Å². The fraction of sp³-hybridized carbons (Fsp3) is 0.923. The van der Waals surface area contributed by atoms with Crippen LogP contribution in [0, 0.1) is 11.8 Å². The van der Waals surface area contributed by atoms with Crippen LogP contribution in [0.1, 0.15) is 26.7 Å². The average molecular weight is 241 g/mol. The van der Waals surface area contributed by atoms with Crippen LogP contribution in [0.5, 0.6) is 0 Å². The quantitative estimate of drug-likeness (QED) is 0.791. The van der Waals surface area contributed by atoms with Crippen molar-refractivity contribution in [1.82, 2.24) is 9.80 Å². The first kappa shape index (κ1) is 14.5. The second-order valence-electron chi connectivity index (χ2n) is 5.76. The standard InChI is InChI=1S/C13H27N3O/c1-10(2)12(14)13(17)16(4)9-11-6-5-7-15(3)8-11/h10-12H,5-9,14H2,1-4H3. The van der Waals surface area contributed by atoms with Crippen LogP contribution in [-0.2, 0) is 4.79 Å². The maximum absolute atomic E-state index is 12.0. The van der Waals surface area contributed by atoms with Gasteiger partial charge in [0.25, 0.3) is 0 Å². The van der Waals surface area contributed by atoms with Gasteiger partial charge < -0.3 is 15.5 Å². The van der Waals surface area contributed by atoms with Gasteiger partial charge in [-0.25, -0.2) is 0 Å². The van der Waals surface area contributed by atoms with E-state index in [2.05, 4.69) is 11.9 Å². The fourth-order valence-electron chi connectivity index (χ4n) is 2.44. The van der Waals surface area contributed by atoms with Gasteiger partial charge in [0.15, 0.2) is 0 Å². The van der Waals surface area contributed by atoms with Gasteiger partial charge in [-0.1, -0.05) is 13.8 Å². The highest BCUT2D eigenvalue weighted by molar-refractivity contribution is 5.81. The molecule has 1 heterocycles. The van der Waals surface area contributed by atoms with E-state index in [1.165, 1.54) is 19.4 Å². The monoisotopic (exact) mass is 241 g/mol. The number of hydrogen-bond acceptors (Lipinski definition) is 3. The lowest BCUT2D eigenvalue weighted by Gasteiger charge is -2.33. The smallest absolute Gasteiger partial charge is 0.239 e. The van der Waals surface area contributed by atoms with Gasteiger partial charge in [0.1, 0.15) is 0 Å². The summed E-state index contributed by atoms with van der Waals surface area (Å²) in [6.07, 6.45) is 2.46. The Balaban J connectivity index is 2.42. The molecule has 0 aliphatic carbocycles. The summed E-state index contributed by atoms with van der Waals surface area (Å²) in [6, 6.07) is -0.360. The van der Waals surface area contributed by atoms with E-state index in [-0.39, 0.29) is 17.9 Å². The summed E-state index contributed by atoms with van der Waals surface area (Å²) in [6.45, 7) is 7.09. The first-order valence-electron chi connectivity index (χ1n) is 6.61. The third-order valence-electron chi connectivity index (χ3n) is 3.63. The minimum absolute atomic E-state index is 0.0771. The van der Waals surface area contributed by atoms with E-state index < -0.39 is 0 Å². The van der Waals surface area contributed by atoms with Gasteiger partial charge in [-0.3, -0.25) is 4.79 Å². The van der Waals surface area contributed by atoms with Crippen LogP contribution in [0.2, 0.25) is 0 Å². The first-order valence-corrected chi connectivity index (χ1v) is 6.61. The van der Waals surface area contributed by atoms with E-state index in [9.17, 15) is 4.79 Å². The predicted octanol–water partition coefficient (Wildman–Crippen LogP) is 0.770. The molecule has 1 saturated heterocycles. The summed E-state index contributed by atoms with van der Waals surface area (Å²) in [7, 11) is 4.02. The molecule has 0 radical (unpaired) electrons. The van der Waals surface area contributed by atoms with Gasteiger partial charge in [0.05, 0.1) is 6.04 Å². The van der Waals surface area contributed by atoms with Gasteiger partial charge >= 0.3 is 0 Å². The molecule has 1 aliphatic rings. The Hall–Kier alpha value is -0.610. The van der Waals surface area contributed by atoms with Crippen LogP contribution in [0.4, 0.5) is 0 Å². The number of amides is 1. The van der Waals surface area contributed by atoms with Crippen LogP contribution in [-0.4, -0.2) is 55.5 Å². The summed E-state index contributed by atoms with van der Waals surface area (Å²) in [4.78, 5) is 16.2. The SMILES string of the molecule is CC(C)C(N)C(=O)N(C)CC1CCCN(C)C1. The maximum atomic E-state index is 12.0. The van der Waals surface area contributed by atoms with E-state index in [4.69, 9.17) is 5.73 Å². The zero-order valence-electron chi connectivity index (χ0n) is 11.6. The number of piperidine rings is 1. The highest BCUT2D eigenvalue weighted by atomic mass is 16.2. The Kier molecular flexibility index (Phi) is 5.40. The summed E-state index contributed by atoms with van der Waals surface area (Å²) in [5, 5.41) is 0. The lowest BCUT2D eigenvalue weighted by molar-refractivity contribution is -0.133. The summed E-state index contributed by atoms with van der Waals surface area (Å²) in [5.41, 5.74) is 5.89. The van der Waals surface area contributed by atoms with Gasteiger partial charge in [-0.05, 0) is 38.3 Å². The molecule has 4 nitrogen and oxygen atoms in total. The Morgan fingerprint density at radius 3 is 2.71 bits per heavy atom. The van der Waals surface area contributed by atoms with Crippen LogP contribution in [0.15, 0.2) is 0 Å². The summed E-state index contributed by atoms with van der Waals surface area (Å²) in [5.74, 6) is 0.884. The maximum Gasteiger partial charge on any atom is 0.239 e. The van der Waals surface area contributed by atoms with Gasteiger partial charge in [-0.15, -0.1) is 0 Å². The zero-order valence-corrected chi connectivity index (χ0v) is 11.6. The number of nitrogens with two attached hydrogens (primary N) is 1. The van der Waals surface area contributed by atoms with Crippen molar-refractivity contribution in [3.8, 4) is 0 Å². The van der Waals surface area contributed by atoms with E-state index in [0.717, 1.165) is 13.1 Å². The number of carbonyl (C=O) groups is 1. The third-order valence-corrected chi connectivity index (χ3v) is 3.63. The normalized spacial score (nSPS) is 23.8. The van der Waals surface area contributed by atoms with Crippen LogP contribution in [0.25, 0.3) is 0 Å². The molecular formula is C13H27N3O. The molecule has 2 unspecified atom stereocenters. The average Bonchev–Trinajstić information content (AvgIpc) is 2.26. The van der Waals surface area contributed by atoms with Crippen molar-refractivity contribution in [2.24, 2.45) is 17.6 Å². The fourth-order valence-corrected chi connectivity index (χ4v) is 2.44. The van der Waals surface area contributed by atoms with Gasteiger partial charge in [0.2, 0.25) is 5.91 Å². The highest BCUT2D eigenvalue weighted by Crippen LogP contribution is 2.16. The minimum Gasteiger partial charge on any atom is -0.344 e. The molecule has 1 amide bonds. The van der Waals surface area contributed by atoms with Crippen molar-refractivity contribution in [2.75, 3.05) is 33.7 Å². The van der Waals surface area contributed by atoms with Crippen LogP contribution < -0.4 is 5.73 Å². The number of rotatable bonds is 4. The number of carbonyl (C=O) groups excluding carboxylic acids is 1. The molecule has 0 aromatic heterocycles. The molecule has 0 saturated carbocycles. The lowest BCUT2D eigenvalue weighted by atomic mass is 9.97. The molecule has 0 aromatic rings. The van der Waals surface area contributed by atoms with Crippen molar-refractivity contribution >= 4 is 5.91 Å². The topological polar surface area (TPSA) is 49.6 Å². The van der Waals surface area contributed by atoms with E-state index in [1.807, 2.05) is 25.8 Å². The van der Waals surface area contributed by atoms with E-state index in [0.29, 0.717) is 5.92 Å². The van der Waals surface area contributed by atoms with Crippen molar-refractivity contribution in [3.63, 3.8) is 0 Å². The lowest BCUT2D eigenvalue weighted by Crippen LogP contribution is -2.47. The van der Waals surface area contributed by atoms with Gasteiger partial charge in [-0.2, -0.15) is 0 Å². The Morgan fingerprint density at radius 1 is 1.53 bits per heavy atom. The van der Waals surface area contributed by atoms with Crippen LogP contribution >= 0.6 is 0 Å². The molecule has 4 heteroatoms. The third kappa shape index (κ3) is 4.28. The molecule has 0 aromatic carbocycles. The molecule has 1 aliphatic heterocycles. The number of likely N-dealkylation sites (N-methyl/N-ethyl adjacent to an activating group) is 1. The summed E-state index contributed by atoms with van der Waals surface area (Å²) < 4.78 is 0. The van der Waals surface area contributed by atoms with Crippen molar-refractivity contribution in [2.45, 2.75) is 32.7 Å². The molecule has 2 atom stereocenters. The number of nitrogens with zero attached hydrogens (tertiary/aromatic N) is 2. The van der Waals surface area contributed by atoms with Crippen molar-refractivity contribution in [3.05, 3.63) is 0 Å². The molecular weight excluding hydrogens is 214 g/mol. The molecule has 100 valence electrons. The Bertz CT molecular complexity index is 255. The number of likely N-dealkylation sites (tertiary alicyclic amines) is 1. The second-order valence-corrected chi connectivity index (χ2v) is 5.76. The largest absolute Gasteiger partial charge is 0.344 e. The van der Waals surface area contributed by atoms with E-state index in [1.54, 1.807) is 0 Å².